The average Bonchev–Trinajstić information content (AvgIpc) is 3.36. The Bertz CT molecular complexity index is 789. The van der Waals surface area contributed by atoms with Gasteiger partial charge in [0.25, 0.3) is 0 Å². The lowest BCUT2D eigenvalue weighted by Gasteiger charge is -2.27. The zero-order chi connectivity index (χ0) is 19.8. The number of nitrogens with one attached hydrogen (secondary N) is 1. The van der Waals surface area contributed by atoms with E-state index in [-0.39, 0.29) is 0 Å². The fourth-order valence-electron chi connectivity index (χ4n) is 6.06. The van der Waals surface area contributed by atoms with E-state index in [1.807, 2.05) is 17.9 Å². The summed E-state index contributed by atoms with van der Waals surface area (Å²) in [6, 6.07) is 4.67. The summed E-state index contributed by atoms with van der Waals surface area (Å²) in [5.74, 6) is 3.59. The molecular weight excluding hydrogens is 360 g/mol. The first kappa shape index (κ1) is 19.0. The normalized spacial score (nSPS) is 28.0. The first-order valence-electron chi connectivity index (χ1n) is 11.5. The molecule has 0 aromatic carbocycles. The molecule has 3 fully saturated rings. The van der Waals surface area contributed by atoms with E-state index in [0.29, 0.717) is 6.04 Å². The second kappa shape index (κ2) is 8.05. The molecule has 1 saturated heterocycles. The van der Waals surface area contributed by atoms with Crippen molar-refractivity contribution in [2.75, 3.05) is 25.0 Å². The molecule has 1 aliphatic heterocycles. The summed E-state index contributed by atoms with van der Waals surface area (Å²) in [6.07, 6.45) is 11.7. The summed E-state index contributed by atoms with van der Waals surface area (Å²) in [5.41, 5.74) is 3.05. The highest BCUT2D eigenvalue weighted by Crippen LogP contribution is 2.40. The molecule has 29 heavy (non-hydrogen) atoms. The van der Waals surface area contributed by atoms with Crippen molar-refractivity contribution in [2.24, 2.45) is 24.8 Å². The van der Waals surface area contributed by atoms with Crippen LogP contribution < -0.4 is 5.32 Å². The largest absolute Gasteiger partial charge is 0.366 e. The van der Waals surface area contributed by atoms with Gasteiger partial charge in [-0.3, -0.25) is 4.68 Å². The van der Waals surface area contributed by atoms with Gasteiger partial charge in [0.15, 0.2) is 0 Å². The van der Waals surface area contributed by atoms with Crippen LogP contribution in [0.2, 0.25) is 0 Å². The van der Waals surface area contributed by atoms with E-state index in [1.54, 1.807) is 0 Å². The third kappa shape index (κ3) is 4.04. The number of nitrogens with zero attached hydrogens (tertiary/aromatic N) is 5. The number of anilines is 1. The molecule has 6 nitrogen and oxygen atoms in total. The van der Waals surface area contributed by atoms with E-state index in [1.165, 1.54) is 64.6 Å². The molecule has 6 heteroatoms. The number of aryl methyl sites for hydroxylation is 2. The summed E-state index contributed by atoms with van der Waals surface area (Å²) >= 11 is 0. The van der Waals surface area contributed by atoms with Crippen molar-refractivity contribution in [3.63, 3.8) is 0 Å². The Kier molecular flexibility index (Phi) is 5.29. The first-order valence-corrected chi connectivity index (χ1v) is 11.5. The van der Waals surface area contributed by atoms with Crippen LogP contribution in [-0.2, 0) is 7.05 Å². The predicted molar refractivity (Wildman–Crippen MR) is 116 cm³/mol. The second-order valence-electron chi connectivity index (χ2n) is 9.66. The molecule has 1 N–H and O–H groups in total. The molecule has 5 rings (SSSR count). The molecule has 0 spiro atoms. The maximum absolute atomic E-state index is 4.45. The highest BCUT2D eigenvalue weighted by atomic mass is 15.3. The fourth-order valence-corrected chi connectivity index (χ4v) is 6.06. The number of rotatable bonds is 5. The molecule has 156 valence electrons. The molecule has 1 unspecified atom stereocenters. The number of hydrogen-bond acceptors (Lipinski definition) is 5. The lowest BCUT2D eigenvalue weighted by molar-refractivity contribution is 0.221. The van der Waals surface area contributed by atoms with Crippen LogP contribution in [0, 0.1) is 24.7 Å². The van der Waals surface area contributed by atoms with Crippen LogP contribution in [0.15, 0.2) is 18.3 Å². The Labute approximate surface area is 174 Å². The minimum absolute atomic E-state index is 0.542. The Morgan fingerprint density at radius 3 is 2.41 bits per heavy atom. The number of hydrogen-bond donors (Lipinski definition) is 1. The molecule has 2 aliphatic carbocycles. The van der Waals surface area contributed by atoms with Crippen LogP contribution in [0.3, 0.4) is 0 Å². The molecule has 0 amide bonds. The van der Waals surface area contributed by atoms with Gasteiger partial charge in [-0.15, -0.1) is 10.2 Å². The van der Waals surface area contributed by atoms with Crippen molar-refractivity contribution in [3.8, 4) is 11.4 Å². The Balaban J connectivity index is 1.14. The second-order valence-corrected chi connectivity index (χ2v) is 9.66. The Morgan fingerprint density at radius 1 is 1.03 bits per heavy atom. The highest BCUT2D eigenvalue weighted by molar-refractivity contribution is 5.59. The van der Waals surface area contributed by atoms with Crippen molar-refractivity contribution in [1.29, 1.82) is 0 Å². The summed E-state index contributed by atoms with van der Waals surface area (Å²) in [7, 11) is 1.95. The number of likely N-dealkylation sites (tertiary alicyclic amines) is 1. The van der Waals surface area contributed by atoms with E-state index in [0.717, 1.165) is 40.5 Å². The molecule has 3 heterocycles. The lowest BCUT2D eigenvalue weighted by Crippen LogP contribution is -2.30. The van der Waals surface area contributed by atoms with Crippen molar-refractivity contribution >= 4 is 5.82 Å². The summed E-state index contributed by atoms with van der Waals surface area (Å²) in [5, 5.41) is 16.9. The van der Waals surface area contributed by atoms with Gasteiger partial charge in [0.1, 0.15) is 11.5 Å². The summed E-state index contributed by atoms with van der Waals surface area (Å²) in [6.45, 7) is 6.03. The molecule has 2 aromatic rings. The van der Waals surface area contributed by atoms with E-state index in [9.17, 15) is 0 Å². The minimum Gasteiger partial charge on any atom is -0.366 e. The Hall–Kier alpha value is -1.95. The van der Waals surface area contributed by atoms with Crippen LogP contribution in [0.5, 0.6) is 0 Å². The third-order valence-corrected chi connectivity index (χ3v) is 7.45. The summed E-state index contributed by atoms with van der Waals surface area (Å²) in [4.78, 5) is 2.77. The van der Waals surface area contributed by atoms with Gasteiger partial charge in [-0.1, -0.05) is 19.3 Å². The topological polar surface area (TPSA) is 58.9 Å². The van der Waals surface area contributed by atoms with Crippen LogP contribution in [0.1, 0.15) is 50.5 Å². The molecule has 3 atom stereocenters. The van der Waals surface area contributed by atoms with Crippen molar-refractivity contribution < 1.29 is 0 Å². The van der Waals surface area contributed by atoms with Gasteiger partial charge in [0.2, 0.25) is 0 Å². The molecule has 2 aromatic heterocycles. The van der Waals surface area contributed by atoms with Gasteiger partial charge >= 0.3 is 0 Å². The zero-order valence-electron chi connectivity index (χ0n) is 17.8. The van der Waals surface area contributed by atoms with Gasteiger partial charge in [0, 0.05) is 32.7 Å². The quantitative estimate of drug-likeness (QED) is 0.834. The van der Waals surface area contributed by atoms with E-state index in [4.69, 9.17) is 0 Å². The number of aromatic nitrogens is 4. The van der Waals surface area contributed by atoms with Gasteiger partial charge in [-0.05, 0) is 68.1 Å². The van der Waals surface area contributed by atoms with E-state index < -0.39 is 0 Å². The van der Waals surface area contributed by atoms with Crippen molar-refractivity contribution in [2.45, 2.75) is 57.9 Å². The van der Waals surface area contributed by atoms with Crippen LogP contribution in [-0.4, -0.2) is 50.6 Å². The first-order chi connectivity index (χ1) is 14.2. The predicted octanol–water partition coefficient (Wildman–Crippen LogP) is 3.89. The van der Waals surface area contributed by atoms with Gasteiger partial charge in [0.05, 0.1) is 11.9 Å². The number of fused-ring (bicyclic) bond motifs is 1. The highest BCUT2D eigenvalue weighted by Gasteiger charge is 2.41. The summed E-state index contributed by atoms with van der Waals surface area (Å²) < 4.78 is 1.86. The van der Waals surface area contributed by atoms with E-state index in [2.05, 4.69) is 44.6 Å². The monoisotopic (exact) mass is 394 g/mol. The molecular formula is C23H34N6. The van der Waals surface area contributed by atoms with Crippen LogP contribution in [0.25, 0.3) is 11.4 Å². The molecule has 0 bridgehead atoms. The third-order valence-electron chi connectivity index (χ3n) is 7.45. The Morgan fingerprint density at radius 2 is 1.79 bits per heavy atom. The molecule has 0 radical (unpaired) electrons. The molecule has 3 aliphatic rings. The smallest absolute Gasteiger partial charge is 0.148 e. The fraction of sp³-hybridized carbons (Fsp3) is 0.696. The van der Waals surface area contributed by atoms with E-state index >= 15 is 0 Å². The molecule has 2 saturated carbocycles. The van der Waals surface area contributed by atoms with Crippen molar-refractivity contribution in [1.82, 2.24) is 24.9 Å². The van der Waals surface area contributed by atoms with Crippen molar-refractivity contribution in [3.05, 3.63) is 23.9 Å². The maximum atomic E-state index is 4.45. The lowest BCUT2D eigenvalue weighted by atomic mass is 9.89. The maximum Gasteiger partial charge on any atom is 0.148 e. The van der Waals surface area contributed by atoms with Gasteiger partial charge in [-0.2, -0.15) is 5.10 Å². The average molecular weight is 395 g/mol. The van der Waals surface area contributed by atoms with Crippen LogP contribution in [0.4, 0.5) is 5.82 Å². The van der Waals surface area contributed by atoms with Gasteiger partial charge < -0.3 is 10.2 Å². The van der Waals surface area contributed by atoms with Crippen LogP contribution >= 0.6 is 0 Å². The zero-order valence-corrected chi connectivity index (χ0v) is 17.8. The minimum atomic E-state index is 0.542. The SMILES string of the molecule is Cc1cnn(C)c1-c1ccc(NC2C[C@@H]3CN(CC4CCCCC4)C[C@@H]3C2)nn1. The van der Waals surface area contributed by atoms with Gasteiger partial charge in [-0.25, -0.2) is 0 Å². The standard InChI is InChI=1S/C23H34N6/c1-16-12-24-28(2)23(16)21-8-9-22(27-26-21)25-20-10-18-14-29(15-19(18)11-20)13-17-6-4-3-5-7-17/h8-9,12,17-20H,3-7,10-11,13-15H2,1-2H3,(H,25,27)/t18-,19+,20?.